The van der Waals surface area contributed by atoms with Crippen molar-refractivity contribution in [1.82, 2.24) is 0 Å². The Labute approximate surface area is 59.6 Å². The maximum absolute atomic E-state index is 9.00. The van der Waals surface area contributed by atoms with Crippen LogP contribution in [-0.4, -0.2) is 11.1 Å². The molecule has 0 aliphatic rings. The molecular weight excluding hydrogens is 310 g/mol. The molecule has 0 spiro atoms. The Bertz CT molecular complexity index is 32.5. The van der Waals surface area contributed by atoms with Gasteiger partial charge in [-0.15, -0.1) is 0 Å². The Kier molecular flexibility index (Phi) is 15.6. The Morgan fingerprint density at radius 3 is 1.67 bits per heavy atom. The minimum absolute atomic E-state index is 0.833. The summed E-state index contributed by atoms with van der Waals surface area (Å²) in [6, 6.07) is 0. The molecule has 0 atom stereocenters. The summed E-state index contributed by atoms with van der Waals surface area (Å²) in [7, 11) is 0. The van der Waals surface area contributed by atoms with Crippen molar-refractivity contribution in [3.63, 3.8) is 0 Å². The number of carboxylic acid groups (broad SMARTS) is 1. The smallest absolute Gasteiger partial charge is 0.300 e. The largest absolute Gasteiger partial charge is 0.481 e. The zero-order valence-corrected chi connectivity index (χ0v) is 7.43. The Morgan fingerprint density at radius 2 is 1.67 bits per heavy atom. The van der Waals surface area contributed by atoms with Crippen LogP contribution in [0.25, 0.3) is 0 Å². The van der Waals surface area contributed by atoms with E-state index in [9.17, 15) is 0 Å². The second-order valence-corrected chi connectivity index (χ2v) is 0.519. The fraction of sp³-hybridized carbons (Fsp3) is 0.500. The van der Waals surface area contributed by atoms with Crippen LogP contribution in [-0.2, 0) is 4.79 Å². The molecule has 2 nitrogen and oxygen atoms in total. The summed E-state index contributed by atoms with van der Waals surface area (Å²) in [5.74, 6) is -0.833. The van der Waals surface area contributed by atoms with Gasteiger partial charge in [0.05, 0.1) is 0 Å². The van der Waals surface area contributed by atoms with Gasteiger partial charge in [0, 0.05) is 44.2 Å². The average molecular weight is 314 g/mol. The van der Waals surface area contributed by atoms with Gasteiger partial charge in [0.2, 0.25) is 0 Å². The van der Waals surface area contributed by atoms with Crippen LogP contribution in [0.4, 0.5) is 0 Å². The van der Waals surface area contributed by atoms with Gasteiger partial charge in [0.1, 0.15) is 0 Å². The quantitative estimate of drug-likeness (QED) is 0.693. The summed E-state index contributed by atoms with van der Waals surface area (Å²) in [5.41, 5.74) is 0. The van der Waals surface area contributed by atoms with Gasteiger partial charge in [0.15, 0.2) is 0 Å². The molecule has 0 aliphatic heterocycles. The second-order valence-electron chi connectivity index (χ2n) is 0.519. The van der Waals surface area contributed by atoms with E-state index in [-0.39, 0.29) is 0 Å². The molecule has 0 unspecified atom stereocenters. The first-order valence-electron chi connectivity index (χ1n) is 1.07. The summed E-state index contributed by atoms with van der Waals surface area (Å²) in [6.07, 6.45) is 0. The number of halogens is 2. The lowest BCUT2D eigenvalue weighted by molar-refractivity contribution is -0.134. The number of hydrogen-bond acceptors (Lipinski definition) is 1. The predicted molar refractivity (Wildman–Crippen MR) is 41.3 cm³/mol. The van der Waals surface area contributed by atoms with E-state index in [4.69, 9.17) is 9.90 Å². The molecule has 0 saturated heterocycles. The Morgan fingerprint density at radius 1 is 1.67 bits per heavy atom. The van der Waals surface area contributed by atoms with Crippen molar-refractivity contribution < 1.29 is 9.90 Å². The molecule has 38 valence electrons. The van der Waals surface area contributed by atoms with E-state index in [2.05, 4.69) is 37.2 Å². The van der Waals surface area contributed by atoms with E-state index in [0.29, 0.717) is 0 Å². The summed E-state index contributed by atoms with van der Waals surface area (Å²) in [5, 5.41) is 7.42. The van der Waals surface area contributed by atoms with E-state index < -0.39 is 5.97 Å². The molecule has 0 rings (SSSR count). The zero-order valence-electron chi connectivity index (χ0n) is 3.11. The minimum Gasteiger partial charge on any atom is -0.481 e. The van der Waals surface area contributed by atoms with Crippen molar-refractivity contribution in [1.29, 1.82) is 0 Å². The maximum Gasteiger partial charge on any atom is 0.300 e. The fourth-order valence-electron chi connectivity index (χ4n) is 0. The van der Waals surface area contributed by atoms with Crippen molar-refractivity contribution in [2.24, 2.45) is 0 Å². The molecule has 0 saturated carbocycles. The normalized spacial score (nSPS) is 5.17. The highest BCUT2D eigenvalue weighted by Gasteiger charge is 1.65. The van der Waals surface area contributed by atoms with Crippen LogP contribution in [0.1, 0.15) is 6.92 Å². The molecule has 0 radical (unpaired) electrons. The Hall–Kier alpha value is 0.930. The van der Waals surface area contributed by atoms with Gasteiger partial charge in [-0.25, -0.2) is 0 Å². The van der Waals surface area contributed by atoms with Crippen LogP contribution in [0.5, 0.6) is 0 Å². The SMILES string of the molecule is CC(=O)O.II. The third-order valence-corrected chi connectivity index (χ3v) is 0. The number of aliphatic carboxylic acids is 1. The molecule has 1 N–H and O–H groups in total. The summed E-state index contributed by atoms with van der Waals surface area (Å²) < 4.78 is 0. The molecule has 0 aromatic carbocycles. The van der Waals surface area contributed by atoms with E-state index in [1.54, 1.807) is 0 Å². The van der Waals surface area contributed by atoms with Crippen molar-refractivity contribution >= 4 is 43.2 Å². The molecule has 0 heterocycles. The van der Waals surface area contributed by atoms with Gasteiger partial charge >= 0.3 is 0 Å². The highest BCUT2D eigenvalue weighted by Crippen LogP contribution is 1.89. The third-order valence-electron chi connectivity index (χ3n) is 0. The molecule has 0 bridgehead atoms. The van der Waals surface area contributed by atoms with Crippen LogP contribution in [0.15, 0.2) is 0 Å². The molecule has 4 heteroatoms. The van der Waals surface area contributed by atoms with Crippen LogP contribution in [0, 0.1) is 0 Å². The lowest BCUT2D eigenvalue weighted by atomic mass is 10.9. The van der Waals surface area contributed by atoms with Crippen LogP contribution >= 0.6 is 37.2 Å². The number of rotatable bonds is 0. The maximum atomic E-state index is 9.00. The summed E-state index contributed by atoms with van der Waals surface area (Å²) >= 11 is 4.24. The predicted octanol–water partition coefficient (Wildman–Crippen LogP) is 1.86. The Balaban J connectivity index is 0. The summed E-state index contributed by atoms with van der Waals surface area (Å²) in [4.78, 5) is 9.00. The molecule has 0 aromatic rings. The molecule has 0 fully saturated rings. The van der Waals surface area contributed by atoms with E-state index in [1.165, 1.54) is 0 Å². The monoisotopic (exact) mass is 314 g/mol. The first-order valence-corrected chi connectivity index (χ1v) is 7.36. The first kappa shape index (κ1) is 10.0. The van der Waals surface area contributed by atoms with Crippen molar-refractivity contribution in [3.8, 4) is 0 Å². The number of hydrogen-bond donors (Lipinski definition) is 1. The lowest BCUT2D eigenvalue weighted by Gasteiger charge is -1.59. The third kappa shape index (κ3) is 88.0. The molecule has 6 heavy (non-hydrogen) atoms. The first-order chi connectivity index (χ1) is 2.73. The van der Waals surface area contributed by atoms with Gasteiger partial charge in [-0.1, -0.05) is 0 Å². The minimum atomic E-state index is -0.833. The van der Waals surface area contributed by atoms with Gasteiger partial charge in [0.25, 0.3) is 5.97 Å². The zero-order chi connectivity index (χ0) is 5.58. The topological polar surface area (TPSA) is 37.3 Å². The molecule has 0 aromatic heterocycles. The second kappa shape index (κ2) is 9.33. The van der Waals surface area contributed by atoms with E-state index in [0.717, 1.165) is 6.92 Å². The van der Waals surface area contributed by atoms with Crippen LogP contribution in [0.3, 0.4) is 0 Å². The summed E-state index contributed by atoms with van der Waals surface area (Å²) in [6.45, 7) is 1.08. The molecule has 0 aliphatic carbocycles. The number of carbonyl (C=O) groups is 1. The molecular formula is C2H4I2O2. The average Bonchev–Trinajstić information content (AvgIpc) is 1.41. The van der Waals surface area contributed by atoms with Gasteiger partial charge < -0.3 is 5.11 Å². The van der Waals surface area contributed by atoms with Gasteiger partial charge in [-0.05, 0) is 0 Å². The number of carboxylic acids is 1. The van der Waals surface area contributed by atoms with Crippen LogP contribution in [0.2, 0.25) is 0 Å². The van der Waals surface area contributed by atoms with Gasteiger partial charge in [-0.2, -0.15) is 0 Å². The fourth-order valence-corrected chi connectivity index (χ4v) is 0. The van der Waals surface area contributed by atoms with E-state index in [1.807, 2.05) is 0 Å². The van der Waals surface area contributed by atoms with Crippen molar-refractivity contribution in [2.45, 2.75) is 6.92 Å². The van der Waals surface area contributed by atoms with Crippen molar-refractivity contribution in [2.75, 3.05) is 0 Å². The highest BCUT2D eigenvalue weighted by molar-refractivity contribution is 15.0. The van der Waals surface area contributed by atoms with Crippen molar-refractivity contribution in [3.05, 3.63) is 0 Å². The highest BCUT2D eigenvalue weighted by atomic mass is 128. The van der Waals surface area contributed by atoms with Gasteiger partial charge in [-0.3, -0.25) is 4.79 Å². The van der Waals surface area contributed by atoms with Crippen LogP contribution < -0.4 is 0 Å². The standard InChI is InChI=1S/C2H4O2.I2/c1-2(3)4;1-2/h1H3,(H,3,4);. The van der Waals surface area contributed by atoms with E-state index >= 15 is 0 Å². The lowest BCUT2D eigenvalue weighted by Crippen LogP contribution is -1.78. The molecule has 0 amide bonds.